The van der Waals surface area contributed by atoms with Crippen LogP contribution < -0.4 is 15.0 Å². The van der Waals surface area contributed by atoms with E-state index in [9.17, 15) is 0 Å². The van der Waals surface area contributed by atoms with Gasteiger partial charge in [0, 0.05) is 12.3 Å². The van der Waals surface area contributed by atoms with Crippen molar-refractivity contribution in [3.63, 3.8) is 0 Å². The Kier molecular flexibility index (Phi) is 4.31. The van der Waals surface area contributed by atoms with Crippen molar-refractivity contribution in [1.82, 2.24) is 10.5 Å². The van der Waals surface area contributed by atoms with E-state index in [-0.39, 0.29) is 6.10 Å². The van der Waals surface area contributed by atoms with Gasteiger partial charge in [0.1, 0.15) is 23.4 Å². The second-order valence-electron chi connectivity index (χ2n) is 5.45. The van der Waals surface area contributed by atoms with E-state index in [1.54, 1.807) is 12.4 Å². The summed E-state index contributed by atoms with van der Waals surface area (Å²) in [6.07, 6.45) is 4.99. The Balaban J connectivity index is 1.42. The van der Waals surface area contributed by atoms with Gasteiger partial charge in [-0.05, 0) is 42.0 Å². The summed E-state index contributed by atoms with van der Waals surface area (Å²) in [6.45, 7) is 0. The number of ether oxygens (including phenoxy) is 2. The van der Waals surface area contributed by atoms with E-state index < -0.39 is 0 Å². The highest BCUT2D eigenvalue weighted by Crippen LogP contribution is 2.28. The Bertz CT molecular complexity index is 849. The summed E-state index contributed by atoms with van der Waals surface area (Å²) in [5.41, 5.74) is 3.79. The number of hydrogen-bond acceptors (Lipinski definition) is 5. The van der Waals surface area contributed by atoms with Crippen molar-refractivity contribution in [1.29, 1.82) is 0 Å². The van der Waals surface area contributed by atoms with Crippen molar-refractivity contribution in [3.05, 3.63) is 96.6 Å². The standard InChI is InChI=1S/C20H16N2O3/c1-2-5-16(6-3-1)23-17-10-8-15(9-11-17)19-13-20(22-25-19)24-18-7-4-12-21-14-18/h1-14,19,22H/t19-/m1/s1. The zero-order valence-corrected chi connectivity index (χ0v) is 13.3. The molecule has 0 fully saturated rings. The lowest BCUT2D eigenvalue weighted by Crippen LogP contribution is -2.12. The van der Waals surface area contributed by atoms with E-state index in [4.69, 9.17) is 14.3 Å². The lowest BCUT2D eigenvalue weighted by molar-refractivity contribution is 0.0273. The molecule has 5 heteroatoms. The minimum absolute atomic E-state index is 0.225. The number of hydroxylamine groups is 1. The van der Waals surface area contributed by atoms with E-state index in [1.807, 2.05) is 72.8 Å². The van der Waals surface area contributed by atoms with Crippen LogP contribution in [-0.4, -0.2) is 4.98 Å². The third-order valence-corrected chi connectivity index (χ3v) is 3.64. The molecule has 124 valence electrons. The van der Waals surface area contributed by atoms with Crippen molar-refractivity contribution in [2.75, 3.05) is 0 Å². The highest BCUT2D eigenvalue weighted by atomic mass is 16.7. The number of nitrogens with zero attached hydrogens (tertiary/aromatic N) is 1. The molecule has 0 saturated heterocycles. The van der Waals surface area contributed by atoms with Gasteiger partial charge in [0.25, 0.3) is 0 Å². The van der Waals surface area contributed by atoms with Crippen molar-refractivity contribution >= 4 is 0 Å². The van der Waals surface area contributed by atoms with Crippen molar-refractivity contribution in [2.45, 2.75) is 6.10 Å². The van der Waals surface area contributed by atoms with E-state index >= 15 is 0 Å². The summed E-state index contributed by atoms with van der Waals surface area (Å²) in [5, 5.41) is 0. The first-order chi connectivity index (χ1) is 12.4. The number of hydrogen-bond donors (Lipinski definition) is 1. The number of rotatable bonds is 5. The number of nitrogens with one attached hydrogen (secondary N) is 1. The van der Waals surface area contributed by atoms with Gasteiger partial charge in [-0.25, -0.2) is 5.48 Å². The molecule has 1 N–H and O–H groups in total. The summed E-state index contributed by atoms with van der Waals surface area (Å²) in [7, 11) is 0. The van der Waals surface area contributed by atoms with Gasteiger partial charge in [0.2, 0.25) is 5.88 Å². The molecule has 3 aromatic rings. The predicted octanol–water partition coefficient (Wildman–Crippen LogP) is 4.37. The average Bonchev–Trinajstić information content (AvgIpc) is 3.12. The predicted molar refractivity (Wildman–Crippen MR) is 92.9 cm³/mol. The highest BCUT2D eigenvalue weighted by molar-refractivity contribution is 5.35. The fourth-order valence-electron chi connectivity index (χ4n) is 2.43. The highest BCUT2D eigenvalue weighted by Gasteiger charge is 2.20. The molecule has 5 nitrogen and oxygen atoms in total. The molecule has 2 aromatic carbocycles. The lowest BCUT2D eigenvalue weighted by atomic mass is 10.1. The van der Waals surface area contributed by atoms with Crippen LogP contribution in [0.15, 0.2) is 91.1 Å². The summed E-state index contributed by atoms with van der Waals surface area (Å²) < 4.78 is 11.5. The number of benzene rings is 2. The van der Waals surface area contributed by atoms with Gasteiger partial charge in [-0.15, -0.1) is 0 Å². The summed E-state index contributed by atoms with van der Waals surface area (Å²) in [6, 6.07) is 21.1. The van der Waals surface area contributed by atoms with Crippen LogP contribution in [0.4, 0.5) is 0 Å². The largest absolute Gasteiger partial charge is 0.457 e. The summed E-state index contributed by atoms with van der Waals surface area (Å²) >= 11 is 0. The van der Waals surface area contributed by atoms with Crippen LogP contribution in [-0.2, 0) is 4.84 Å². The van der Waals surface area contributed by atoms with Crippen LogP contribution >= 0.6 is 0 Å². The maximum absolute atomic E-state index is 5.79. The Morgan fingerprint density at radius 3 is 2.32 bits per heavy atom. The van der Waals surface area contributed by atoms with Gasteiger partial charge in [-0.1, -0.05) is 30.3 Å². The molecule has 1 aromatic heterocycles. The Morgan fingerprint density at radius 2 is 1.56 bits per heavy atom. The van der Waals surface area contributed by atoms with Gasteiger partial charge < -0.3 is 9.47 Å². The molecule has 1 aliphatic heterocycles. The molecule has 0 spiro atoms. The molecule has 0 aliphatic carbocycles. The van der Waals surface area contributed by atoms with Gasteiger partial charge in [-0.3, -0.25) is 9.82 Å². The molecule has 25 heavy (non-hydrogen) atoms. The van der Waals surface area contributed by atoms with Gasteiger partial charge in [0.15, 0.2) is 0 Å². The zero-order valence-electron chi connectivity index (χ0n) is 13.3. The third-order valence-electron chi connectivity index (χ3n) is 3.64. The minimum atomic E-state index is -0.225. The van der Waals surface area contributed by atoms with Crippen LogP contribution in [0.1, 0.15) is 11.7 Å². The van der Waals surface area contributed by atoms with Gasteiger partial charge in [-0.2, -0.15) is 0 Å². The van der Waals surface area contributed by atoms with E-state index in [0.717, 1.165) is 17.1 Å². The maximum Gasteiger partial charge on any atom is 0.216 e. The molecule has 1 atom stereocenters. The first kappa shape index (κ1) is 15.2. The molecular formula is C20H16N2O3. The third kappa shape index (κ3) is 3.79. The normalized spacial score (nSPS) is 16.0. The van der Waals surface area contributed by atoms with Crippen LogP contribution in [0.2, 0.25) is 0 Å². The Morgan fingerprint density at radius 1 is 0.800 bits per heavy atom. The quantitative estimate of drug-likeness (QED) is 0.752. The molecular weight excluding hydrogens is 316 g/mol. The number of para-hydroxylation sites is 1. The second kappa shape index (κ2) is 7.07. The van der Waals surface area contributed by atoms with Crippen LogP contribution in [0.25, 0.3) is 0 Å². The maximum atomic E-state index is 5.79. The molecule has 0 amide bonds. The molecule has 0 bridgehead atoms. The van der Waals surface area contributed by atoms with Gasteiger partial charge in [0.05, 0.1) is 6.20 Å². The van der Waals surface area contributed by atoms with Crippen molar-refractivity contribution in [3.8, 4) is 17.2 Å². The van der Waals surface area contributed by atoms with E-state index in [0.29, 0.717) is 11.6 Å². The summed E-state index contributed by atoms with van der Waals surface area (Å²) in [4.78, 5) is 9.57. The van der Waals surface area contributed by atoms with Crippen LogP contribution in [0.3, 0.4) is 0 Å². The molecule has 0 unspecified atom stereocenters. The van der Waals surface area contributed by atoms with Crippen LogP contribution in [0, 0.1) is 0 Å². The van der Waals surface area contributed by atoms with Crippen molar-refractivity contribution < 1.29 is 14.3 Å². The van der Waals surface area contributed by atoms with Crippen LogP contribution in [0.5, 0.6) is 17.2 Å². The first-order valence-corrected chi connectivity index (χ1v) is 7.91. The molecule has 0 saturated carbocycles. The Hall–Kier alpha value is -3.31. The first-order valence-electron chi connectivity index (χ1n) is 7.91. The molecule has 1 aliphatic rings. The Labute approximate surface area is 145 Å². The zero-order chi connectivity index (χ0) is 16.9. The number of pyridine rings is 1. The van der Waals surface area contributed by atoms with E-state index in [1.165, 1.54) is 0 Å². The van der Waals surface area contributed by atoms with Crippen molar-refractivity contribution in [2.24, 2.45) is 0 Å². The second-order valence-corrected chi connectivity index (χ2v) is 5.45. The minimum Gasteiger partial charge on any atom is -0.457 e. The lowest BCUT2D eigenvalue weighted by Gasteiger charge is -2.09. The monoisotopic (exact) mass is 332 g/mol. The molecule has 2 heterocycles. The number of aromatic nitrogens is 1. The summed E-state index contributed by atoms with van der Waals surface area (Å²) in [5.74, 6) is 2.78. The van der Waals surface area contributed by atoms with E-state index in [2.05, 4.69) is 10.5 Å². The SMILES string of the molecule is C1=C(Oc2cccnc2)NO[C@H]1c1ccc(Oc2ccccc2)cc1. The average molecular weight is 332 g/mol. The smallest absolute Gasteiger partial charge is 0.216 e. The fraction of sp³-hybridized carbons (Fsp3) is 0.0500. The van der Waals surface area contributed by atoms with Gasteiger partial charge >= 0.3 is 0 Å². The molecule has 0 radical (unpaired) electrons. The molecule has 4 rings (SSSR count). The fourth-order valence-corrected chi connectivity index (χ4v) is 2.43. The topological polar surface area (TPSA) is 52.6 Å².